The van der Waals surface area contributed by atoms with Gasteiger partial charge in [-0.05, 0) is 22.6 Å². The SMILES string of the molecule is CC(C)(C)c1ccc(O)c(O)c1C=Cc1ccccc1. The van der Waals surface area contributed by atoms with Gasteiger partial charge in [0, 0.05) is 5.56 Å². The fourth-order valence-electron chi connectivity index (χ4n) is 2.16. The summed E-state index contributed by atoms with van der Waals surface area (Å²) in [6, 6.07) is 13.3. The molecule has 0 atom stereocenters. The van der Waals surface area contributed by atoms with E-state index in [2.05, 4.69) is 20.8 Å². The molecule has 0 radical (unpaired) electrons. The van der Waals surface area contributed by atoms with E-state index in [-0.39, 0.29) is 16.9 Å². The van der Waals surface area contributed by atoms with Gasteiger partial charge in [-0.3, -0.25) is 0 Å². The molecule has 104 valence electrons. The smallest absolute Gasteiger partial charge is 0.165 e. The van der Waals surface area contributed by atoms with Crippen LogP contribution in [0.15, 0.2) is 42.5 Å². The minimum atomic E-state index is -0.110. The highest BCUT2D eigenvalue weighted by Gasteiger charge is 2.20. The summed E-state index contributed by atoms with van der Waals surface area (Å²) in [6.07, 6.45) is 3.79. The summed E-state index contributed by atoms with van der Waals surface area (Å²) in [5.74, 6) is -0.157. The van der Waals surface area contributed by atoms with E-state index in [0.717, 1.165) is 11.1 Å². The van der Waals surface area contributed by atoms with Crippen LogP contribution in [0.2, 0.25) is 0 Å². The van der Waals surface area contributed by atoms with Crippen LogP contribution in [0.5, 0.6) is 11.5 Å². The normalized spacial score (nSPS) is 11.9. The first-order valence-corrected chi connectivity index (χ1v) is 6.68. The van der Waals surface area contributed by atoms with Crippen molar-refractivity contribution in [2.24, 2.45) is 0 Å². The lowest BCUT2D eigenvalue weighted by Crippen LogP contribution is -2.12. The Hall–Kier alpha value is -2.22. The Bertz CT molecular complexity index is 620. The van der Waals surface area contributed by atoms with E-state index in [1.807, 2.05) is 48.6 Å². The lowest BCUT2D eigenvalue weighted by atomic mass is 9.83. The van der Waals surface area contributed by atoms with Crippen LogP contribution in [0.25, 0.3) is 12.2 Å². The predicted molar refractivity (Wildman–Crippen MR) is 83.8 cm³/mol. The van der Waals surface area contributed by atoms with Crippen LogP contribution in [0.3, 0.4) is 0 Å². The number of hydrogen-bond acceptors (Lipinski definition) is 2. The minimum Gasteiger partial charge on any atom is -0.504 e. The lowest BCUT2D eigenvalue weighted by molar-refractivity contribution is 0.400. The maximum Gasteiger partial charge on any atom is 0.165 e. The van der Waals surface area contributed by atoms with E-state index in [1.165, 1.54) is 6.07 Å². The molecule has 0 heterocycles. The van der Waals surface area contributed by atoms with Crippen LogP contribution in [0, 0.1) is 0 Å². The molecular weight excluding hydrogens is 248 g/mol. The molecule has 0 aromatic heterocycles. The first kappa shape index (κ1) is 14.2. The topological polar surface area (TPSA) is 40.5 Å². The van der Waals surface area contributed by atoms with Crippen molar-refractivity contribution < 1.29 is 10.2 Å². The zero-order valence-electron chi connectivity index (χ0n) is 12.1. The van der Waals surface area contributed by atoms with Crippen molar-refractivity contribution in [1.29, 1.82) is 0 Å². The molecule has 0 aliphatic carbocycles. The largest absolute Gasteiger partial charge is 0.504 e. The Kier molecular flexibility index (Phi) is 3.84. The summed E-state index contributed by atoms with van der Waals surface area (Å²) >= 11 is 0. The lowest BCUT2D eigenvalue weighted by Gasteiger charge is -2.22. The van der Waals surface area contributed by atoms with E-state index < -0.39 is 0 Å². The van der Waals surface area contributed by atoms with Gasteiger partial charge in [0.2, 0.25) is 0 Å². The Labute approximate surface area is 120 Å². The van der Waals surface area contributed by atoms with E-state index >= 15 is 0 Å². The Morgan fingerprint density at radius 1 is 0.850 bits per heavy atom. The van der Waals surface area contributed by atoms with Crippen LogP contribution in [0.1, 0.15) is 37.5 Å². The molecule has 0 aliphatic rings. The van der Waals surface area contributed by atoms with Crippen LogP contribution in [-0.4, -0.2) is 10.2 Å². The van der Waals surface area contributed by atoms with Gasteiger partial charge >= 0.3 is 0 Å². The molecule has 0 saturated carbocycles. The second-order valence-electron chi connectivity index (χ2n) is 5.89. The van der Waals surface area contributed by atoms with Gasteiger partial charge in [0.1, 0.15) is 0 Å². The van der Waals surface area contributed by atoms with Gasteiger partial charge in [-0.2, -0.15) is 0 Å². The fraction of sp³-hybridized carbons (Fsp3) is 0.222. The maximum absolute atomic E-state index is 10.1. The second-order valence-corrected chi connectivity index (χ2v) is 5.89. The van der Waals surface area contributed by atoms with Crippen molar-refractivity contribution >= 4 is 12.2 Å². The molecule has 0 spiro atoms. The second kappa shape index (κ2) is 5.41. The average molecular weight is 268 g/mol. The molecule has 2 aromatic rings. The number of benzene rings is 2. The third-order valence-electron chi connectivity index (χ3n) is 3.25. The predicted octanol–water partition coefficient (Wildman–Crippen LogP) is 4.57. The first-order chi connectivity index (χ1) is 9.39. The van der Waals surface area contributed by atoms with Crippen molar-refractivity contribution in [3.63, 3.8) is 0 Å². The number of rotatable bonds is 2. The molecule has 2 aromatic carbocycles. The van der Waals surface area contributed by atoms with Crippen LogP contribution >= 0.6 is 0 Å². The van der Waals surface area contributed by atoms with Crippen LogP contribution in [-0.2, 0) is 5.41 Å². The summed E-state index contributed by atoms with van der Waals surface area (Å²) in [7, 11) is 0. The molecule has 20 heavy (non-hydrogen) atoms. The van der Waals surface area contributed by atoms with Crippen molar-refractivity contribution in [3.8, 4) is 11.5 Å². The summed E-state index contributed by atoms with van der Waals surface area (Å²) in [4.78, 5) is 0. The van der Waals surface area contributed by atoms with Gasteiger partial charge in [-0.25, -0.2) is 0 Å². The van der Waals surface area contributed by atoms with Crippen LogP contribution < -0.4 is 0 Å². The number of aromatic hydroxyl groups is 2. The van der Waals surface area contributed by atoms with E-state index in [1.54, 1.807) is 0 Å². The third-order valence-corrected chi connectivity index (χ3v) is 3.25. The zero-order valence-corrected chi connectivity index (χ0v) is 12.1. The molecule has 0 unspecified atom stereocenters. The molecule has 0 amide bonds. The van der Waals surface area contributed by atoms with Crippen molar-refractivity contribution in [2.75, 3.05) is 0 Å². The highest BCUT2D eigenvalue weighted by Crippen LogP contribution is 2.38. The molecule has 0 fully saturated rings. The Balaban J connectivity index is 2.50. The number of phenolic OH excluding ortho intramolecular Hbond substituents is 2. The van der Waals surface area contributed by atoms with Gasteiger partial charge in [-0.15, -0.1) is 0 Å². The quantitative estimate of drug-likeness (QED) is 0.619. The summed E-state index contributed by atoms with van der Waals surface area (Å²) in [5, 5.41) is 19.8. The van der Waals surface area contributed by atoms with Crippen molar-refractivity contribution in [3.05, 3.63) is 59.2 Å². The van der Waals surface area contributed by atoms with E-state index in [9.17, 15) is 10.2 Å². The standard InChI is InChI=1S/C18H20O2/c1-18(2,3)15-11-12-16(19)17(20)14(15)10-9-13-7-5-4-6-8-13/h4-12,19-20H,1-3H3. The zero-order chi connectivity index (χ0) is 14.8. The van der Waals surface area contributed by atoms with Crippen molar-refractivity contribution in [1.82, 2.24) is 0 Å². The molecule has 0 saturated heterocycles. The van der Waals surface area contributed by atoms with Gasteiger partial charge in [0.15, 0.2) is 11.5 Å². The maximum atomic E-state index is 10.1. The van der Waals surface area contributed by atoms with Gasteiger partial charge in [-0.1, -0.05) is 69.3 Å². The summed E-state index contributed by atoms with van der Waals surface area (Å²) < 4.78 is 0. The molecule has 0 aliphatic heterocycles. The van der Waals surface area contributed by atoms with Gasteiger partial charge < -0.3 is 10.2 Å². The molecule has 2 nitrogen and oxygen atoms in total. The molecule has 2 heteroatoms. The molecular formula is C18H20O2. The summed E-state index contributed by atoms with van der Waals surface area (Å²) in [6.45, 7) is 6.25. The third kappa shape index (κ3) is 3.02. The minimum absolute atomic E-state index is 0.0652. The molecule has 0 bridgehead atoms. The number of phenols is 2. The van der Waals surface area contributed by atoms with E-state index in [4.69, 9.17) is 0 Å². The Morgan fingerprint density at radius 3 is 2.10 bits per heavy atom. The number of hydrogen-bond donors (Lipinski definition) is 2. The first-order valence-electron chi connectivity index (χ1n) is 6.68. The van der Waals surface area contributed by atoms with Crippen molar-refractivity contribution in [2.45, 2.75) is 26.2 Å². The Morgan fingerprint density at radius 2 is 1.50 bits per heavy atom. The molecule has 2 rings (SSSR count). The average Bonchev–Trinajstić information content (AvgIpc) is 2.40. The monoisotopic (exact) mass is 268 g/mol. The summed E-state index contributed by atoms with van der Waals surface area (Å²) in [5.41, 5.74) is 2.61. The highest BCUT2D eigenvalue weighted by molar-refractivity contribution is 5.76. The molecule has 2 N–H and O–H groups in total. The van der Waals surface area contributed by atoms with Gasteiger partial charge in [0.25, 0.3) is 0 Å². The fourth-order valence-corrected chi connectivity index (χ4v) is 2.16. The van der Waals surface area contributed by atoms with E-state index in [0.29, 0.717) is 5.56 Å². The highest BCUT2D eigenvalue weighted by atomic mass is 16.3. The van der Waals surface area contributed by atoms with Gasteiger partial charge in [0.05, 0.1) is 0 Å². The van der Waals surface area contributed by atoms with Crippen LogP contribution in [0.4, 0.5) is 0 Å².